The van der Waals surface area contributed by atoms with Crippen molar-refractivity contribution in [3.05, 3.63) is 35.4 Å². The van der Waals surface area contributed by atoms with Crippen molar-refractivity contribution in [3.63, 3.8) is 0 Å². The Bertz CT molecular complexity index is 417. The zero-order valence-corrected chi connectivity index (χ0v) is 13.5. The van der Waals surface area contributed by atoms with Crippen LogP contribution in [0.25, 0.3) is 0 Å². The molecule has 1 aliphatic heterocycles. The molecule has 4 heteroatoms. The standard InChI is InChI=1S/C16H26N2O.ClH/c1-13-6-4-5-7-14(13)15(16(2,3)12-19)18-10-8-17-9-11-18;/h4-7,15,17,19H,8-12H2,1-3H3;1H/t15-;/m0./s1. The van der Waals surface area contributed by atoms with E-state index in [1.807, 2.05) is 0 Å². The summed E-state index contributed by atoms with van der Waals surface area (Å²) in [6.45, 7) is 10.8. The Hall–Kier alpha value is -0.610. The summed E-state index contributed by atoms with van der Waals surface area (Å²) in [5.74, 6) is 0. The fourth-order valence-electron chi connectivity index (χ4n) is 3.03. The van der Waals surface area contributed by atoms with Crippen molar-refractivity contribution in [1.29, 1.82) is 0 Å². The van der Waals surface area contributed by atoms with Gasteiger partial charge in [0.25, 0.3) is 0 Å². The van der Waals surface area contributed by atoms with Gasteiger partial charge in [-0.2, -0.15) is 0 Å². The first-order chi connectivity index (χ1) is 9.06. The molecule has 0 bridgehead atoms. The summed E-state index contributed by atoms with van der Waals surface area (Å²) in [4.78, 5) is 2.51. The number of rotatable bonds is 4. The normalized spacial score (nSPS) is 18.4. The summed E-state index contributed by atoms with van der Waals surface area (Å²) in [5, 5.41) is 13.2. The zero-order chi connectivity index (χ0) is 13.9. The van der Waals surface area contributed by atoms with Gasteiger partial charge >= 0.3 is 0 Å². The summed E-state index contributed by atoms with van der Waals surface area (Å²) in [5.41, 5.74) is 2.53. The van der Waals surface area contributed by atoms with Crippen LogP contribution in [-0.4, -0.2) is 42.8 Å². The molecule has 0 aromatic heterocycles. The molecule has 20 heavy (non-hydrogen) atoms. The third-order valence-corrected chi connectivity index (χ3v) is 4.15. The molecule has 2 N–H and O–H groups in total. The van der Waals surface area contributed by atoms with Crippen molar-refractivity contribution in [2.75, 3.05) is 32.8 Å². The van der Waals surface area contributed by atoms with Crippen molar-refractivity contribution in [2.45, 2.75) is 26.8 Å². The molecular formula is C16H27ClN2O. The number of aliphatic hydroxyl groups is 1. The van der Waals surface area contributed by atoms with Crippen LogP contribution >= 0.6 is 12.4 Å². The quantitative estimate of drug-likeness (QED) is 0.896. The molecule has 1 aromatic rings. The average molecular weight is 299 g/mol. The number of halogens is 1. The van der Waals surface area contributed by atoms with Crippen LogP contribution in [0.15, 0.2) is 24.3 Å². The molecule has 0 spiro atoms. The van der Waals surface area contributed by atoms with Gasteiger partial charge in [0.1, 0.15) is 0 Å². The van der Waals surface area contributed by atoms with Gasteiger partial charge in [0, 0.05) is 44.2 Å². The van der Waals surface area contributed by atoms with Crippen LogP contribution < -0.4 is 5.32 Å². The second-order valence-corrected chi connectivity index (χ2v) is 6.19. The summed E-state index contributed by atoms with van der Waals surface area (Å²) in [6.07, 6.45) is 0. The largest absolute Gasteiger partial charge is 0.396 e. The molecule has 0 radical (unpaired) electrons. The zero-order valence-electron chi connectivity index (χ0n) is 12.7. The highest BCUT2D eigenvalue weighted by molar-refractivity contribution is 5.85. The molecule has 1 saturated heterocycles. The number of aliphatic hydroxyl groups excluding tert-OH is 1. The molecule has 0 unspecified atom stereocenters. The third-order valence-electron chi connectivity index (χ3n) is 4.15. The van der Waals surface area contributed by atoms with Crippen molar-refractivity contribution in [1.82, 2.24) is 10.2 Å². The summed E-state index contributed by atoms with van der Waals surface area (Å²) in [7, 11) is 0. The van der Waals surface area contributed by atoms with Gasteiger partial charge in [-0.05, 0) is 18.1 Å². The lowest BCUT2D eigenvalue weighted by molar-refractivity contribution is 0.0302. The molecule has 0 aliphatic carbocycles. The first-order valence-corrected chi connectivity index (χ1v) is 7.17. The predicted octanol–water partition coefficient (Wildman–Crippen LogP) is 2.38. The number of hydrogen-bond acceptors (Lipinski definition) is 3. The summed E-state index contributed by atoms with van der Waals surface area (Å²) >= 11 is 0. The fraction of sp³-hybridized carbons (Fsp3) is 0.625. The van der Waals surface area contributed by atoms with Crippen LogP contribution in [0.2, 0.25) is 0 Å². The summed E-state index contributed by atoms with van der Waals surface area (Å²) < 4.78 is 0. The number of hydrogen-bond donors (Lipinski definition) is 2. The Labute approximate surface area is 128 Å². The van der Waals surface area contributed by atoms with Crippen LogP contribution in [0.4, 0.5) is 0 Å². The van der Waals surface area contributed by atoms with Crippen molar-refractivity contribution < 1.29 is 5.11 Å². The van der Waals surface area contributed by atoms with Gasteiger partial charge < -0.3 is 10.4 Å². The number of nitrogens with one attached hydrogen (secondary N) is 1. The Morgan fingerprint density at radius 2 is 1.85 bits per heavy atom. The van der Waals surface area contributed by atoms with Gasteiger partial charge in [-0.1, -0.05) is 38.1 Å². The van der Waals surface area contributed by atoms with E-state index >= 15 is 0 Å². The smallest absolute Gasteiger partial charge is 0.0500 e. The van der Waals surface area contributed by atoms with Crippen molar-refractivity contribution in [3.8, 4) is 0 Å². The van der Waals surface area contributed by atoms with E-state index in [9.17, 15) is 5.11 Å². The minimum atomic E-state index is -0.135. The average Bonchev–Trinajstić information content (AvgIpc) is 2.42. The topological polar surface area (TPSA) is 35.5 Å². The lowest BCUT2D eigenvalue weighted by Crippen LogP contribution is -2.49. The second-order valence-electron chi connectivity index (χ2n) is 6.19. The van der Waals surface area contributed by atoms with Crippen molar-refractivity contribution in [2.24, 2.45) is 5.41 Å². The molecule has 0 amide bonds. The van der Waals surface area contributed by atoms with Gasteiger partial charge in [0.05, 0.1) is 0 Å². The van der Waals surface area contributed by atoms with E-state index in [1.54, 1.807) is 0 Å². The summed E-state index contributed by atoms with van der Waals surface area (Å²) in [6, 6.07) is 8.84. The van der Waals surface area contributed by atoms with Gasteiger partial charge in [0.2, 0.25) is 0 Å². The van der Waals surface area contributed by atoms with Gasteiger partial charge in [-0.3, -0.25) is 4.90 Å². The highest BCUT2D eigenvalue weighted by Gasteiger charge is 2.36. The minimum Gasteiger partial charge on any atom is -0.396 e. The lowest BCUT2D eigenvalue weighted by Gasteiger charge is -2.44. The number of benzene rings is 1. The molecule has 1 atom stereocenters. The maximum atomic E-state index is 9.81. The lowest BCUT2D eigenvalue weighted by atomic mass is 9.78. The Kier molecular flexibility index (Phi) is 6.46. The SMILES string of the molecule is Cc1ccccc1[C@H](N1CCNCC1)C(C)(C)CO.Cl. The monoisotopic (exact) mass is 298 g/mol. The minimum absolute atomic E-state index is 0. The van der Waals surface area contributed by atoms with Crippen LogP contribution in [0.1, 0.15) is 31.0 Å². The van der Waals surface area contributed by atoms with Gasteiger partial charge in [-0.25, -0.2) is 0 Å². The molecule has 2 rings (SSSR count). The molecule has 0 saturated carbocycles. The Morgan fingerprint density at radius 1 is 1.25 bits per heavy atom. The van der Waals surface area contributed by atoms with E-state index in [2.05, 4.69) is 55.3 Å². The third kappa shape index (κ3) is 3.73. The predicted molar refractivity (Wildman–Crippen MR) is 86.5 cm³/mol. The molecular weight excluding hydrogens is 272 g/mol. The Balaban J connectivity index is 0.00000200. The highest BCUT2D eigenvalue weighted by Crippen LogP contribution is 2.39. The van der Waals surface area contributed by atoms with Crippen LogP contribution in [0.3, 0.4) is 0 Å². The maximum absolute atomic E-state index is 9.81. The number of piperazine rings is 1. The van der Waals surface area contributed by atoms with E-state index in [0.29, 0.717) is 0 Å². The van der Waals surface area contributed by atoms with Crippen LogP contribution in [0, 0.1) is 12.3 Å². The highest BCUT2D eigenvalue weighted by atomic mass is 35.5. The van der Waals surface area contributed by atoms with E-state index < -0.39 is 0 Å². The van der Waals surface area contributed by atoms with Crippen LogP contribution in [0.5, 0.6) is 0 Å². The van der Waals surface area contributed by atoms with E-state index in [0.717, 1.165) is 26.2 Å². The van der Waals surface area contributed by atoms with E-state index in [1.165, 1.54) is 11.1 Å². The van der Waals surface area contributed by atoms with Crippen LogP contribution in [-0.2, 0) is 0 Å². The molecule has 3 nitrogen and oxygen atoms in total. The first kappa shape index (κ1) is 17.4. The number of aryl methyl sites for hydroxylation is 1. The van der Waals surface area contributed by atoms with Crippen molar-refractivity contribution >= 4 is 12.4 Å². The molecule has 114 valence electrons. The molecule has 1 heterocycles. The van der Waals surface area contributed by atoms with E-state index in [-0.39, 0.29) is 30.5 Å². The molecule has 1 aliphatic rings. The van der Waals surface area contributed by atoms with Gasteiger partial charge in [0.15, 0.2) is 0 Å². The van der Waals surface area contributed by atoms with E-state index in [4.69, 9.17) is 0 Å². The fourth-order valence-corrected chi connectivity index (χ4v) is 3.03. The Morgan fingerprint density at radius 3 is 2.40 bits per heavy atom. The number of nitrogens with zero attached hydrogens (tertiary/aromatic N) is 1. The molecule has 1 fully saturated rings. The second kappa shape index (κ2) is 7.41. The maximum Gasteiger partial charge on any atom is 0.0500 e. The molecule has 1 aromatic carbocycles. The first-order valence-electron chi connectivity index (χ1n) is 7.17. The van der Waals surface area contributed by atoms with Gasteiger partial charge in [-0.15, -0.1) is 12.4 Å².